The van der Waals surface area contributed by atoms with Crippen molar-refractivity contribution in [1.82, 2.24) is 9.21 Å². The first-order valence-electron chi connectivity index (χ1n) is 8.80. The number of aryl methyl sites for hydroxylation is 1. The molecular weight excluding hydrogens is 388 g/mol. The van der Waals surface area contributed by atoms with E-state index in [4.69, 9.17) is 0 Å². The van der Waals surface area contributed by atoms with Crippen LogP contribution >= 0.6 is 0 Å². The highest BCUT2D eigenvalue weighted by Crippen LogP contribution is 2.23. The fraction of sp³-hybridized carbons (Fsp3) is 0.316. The molecule has 0 saturated carbocycles. The van der Waals surface area contributed by atoms with Crippen LogP contribution in [0.25, 0.3) is 0 Å². The summed E-state index contributed by atoms with van der Waals surface area (Å²) in [5.74, 6) is -2.43. The van der Waals surface area contributed by atoms with Crippen molar-refractivity contribution >= 4 is 21.6 Å². The van der Waals surface area contributed by atoms with E-state index >= 15 is 0 Å². The molecule has 6 nitrogen and oxygen atoms in total. The molecule has 1 N–H and O–H groups in total. The summed E-state index contributed by atoms with van der Waals surface area (Å²) < 4.78 is 53.9. The number of carbonyl (C=O) groups is 1. The van der Waals surface area contributed by atoms with Crippen LogP contribution in [0.4, 0.5) is 14.5 Å². The van der Waals surface area contributed by atoms with E-state index in [1.54, 1.807) is 17.0 Å². The van der Waals surface area contributed by atoms with Crippen LogP contribution in [0.5, 0.6) is 0 Å². The number of carbonyl (C=O) groups excluding carboxylic acids is 1. The van der Waals surface area contributed by atoms with Gasteiger partial charge >= 0.3 is 0 Å². The number of hydrogen-bond donors (Lipinski definition) is 1. The van der Waals surface area contributed by atoms with E-state index in [1.165, 1.54) is 0 Å². The number of halogens is 2. The summed E-state index contributed by atoms with van der Waals surface area (Å²) in [5, 5.41) is 2.79. The van der Waals surface area contributed by atoms with Gasteiger partial charge in [0.15, 0.2) is 4.90 Å². The monoisotopic (exact) mass is 409 g/mol. The molecule has 9 heteroatoms. The van der Waals surface area contributed by atoms with Crippen molar-refractivity contribution in [3.63, 3.8) is 0 Å². The molecule has 1 aliphatic rings. The van der Waals surface area contributed by atoms with Gasteiger partial charge in [-0.2, -0.15) is 4.31 Å². The lowest BCUT2D eigenvalue weighted by Crippen LogP contribution is -2.50. The minimum Gasteiger partial charge on any atom is -0.325 e. The summed E-state index contributed by atoms with van der Waals surface area (Å²) in [4.78, 5) is 13.0. The zero-order valence-electron chi connectivity index (χ0n) is 15.4. The van der Waals surface area contributed by atoms with Crippen molar-refractivity contribution in [2.75, 3.05) is 38.0 Å². The molecule has 2 aromatic carbocycles. The van der Waals surface area contributed by atoms with Gasteiger partial charge in [-0.05, 0) is 31.2 Å². The van der Waals surface area contributed by atoms with Crippen molar-refractivity contribution in [1.29, 1.82) is 0 Å². The van der Waals surface area contributed by atoms with Crippen molar-refractivity contribution in [3.8, 4) is 0 Å². The first-order valence-corrected chi connectivity index (χ1v) is 10.2. The molecule has 1 aliphatic heterocycles. The number of hydrogen-bond acceptors (Lipinski definition) is 4. The number of sulfonamides is 1. The molecule has 1 saturated heterocycles. The van der Waals surface area contributed by atoms with Gasteiger partial charge in [0.05, 0.1) is 6.54 Å². The van der Waals surface area contributed by atoms with Crippen molar-refractivity contribution < 1.29 is 22.0 Å². The Labute approximate surface area is 162 Å². The molecule has 3 rings (SSSR count). The standard InChI is InChI=1S/C19H21F2N3O3S/c1-14-5-7-15(8-6-14)22-18(25)13-23-9-11-24(12-10-23)28(26,27)19-16(20)3-2-4-17(19)21/h2-8H,9-13H2,1H3,(H,22,25). The van der Waals surface area contributed by atoms with E-state index in [2.05, 4.69) is 5.32 Å². The quantitative estimate of drug-likeness (QED) is 0.822. The van der Waals surface area contributed by atoms with E-state index in [0.717, 1.165) is 28.1 Å². The highest BCUT2D eigenvalue weighted by Gasteiger charge is 2.33. The smallest absolute Gasteiger partial charge is 0.249 e. The highest BCUT2D eigenvalue weighted by atomic mass is 32.2. The predicted molar refractivity (Wildman–Crippen MR) is 101 cm³/mol. The SMILES string of the molecule is Cc1ccc(NC(=O)CN2CCN(S(=O)(=O)c3c(F)cccc3F)CC2)cc1. The van der Waals surface area contributed by atoms with Crippen molar-refractivity contribution in [2.24, 2.45) is 0 Å². The number of rotatable bonds is 5. The summed E-state index contributed by atoms with van der Waals surface area (Å²) >= 11 is 0. The van der Waals surface area contributed by atoms with E-state index in [9.17, 15) is 22.0 Å². The average molecular weight is 409 g/mol. The van der Waals surface area contributed by atoms with E-state index in [0.29, 0.717) is 5.69 Å². The molecule has 0 unspecified atom stereocenters. The lowest BCUT2D eigenvalue weighted by atomic mass is 10.2. The third kappa shape index (κ3) is 4.54. The van der Waals surface area contributed by atoms with Gasteiger partial charge in [-0.25, -0.2) is 17.2 Å². The van der Waals surface area contributed by atoms with Crippen LogP contribution in [-0.4, -0.2) is 56.3 Å². The Bertz CT molecular complexity index is 937. The minimum absolute atomic E-state index is 0.0495. The van der Waals surface area contributed by atoms with Gasteiger partial charge < -0.3 is 5.32 Å². The number of nitrogens with one attached hydrogen (secondary N) is 1. The molecule has 150 valence electrons. The first-order chi connectivity index (χ1) is 13.3. The summed E-state index contributed by atoms with van der Waals surface area (Å²) in [6, 6.07) is 10.3. The molecule has 28 heavy (non-hydrogen) atoms. The Morgan fingerprint density at radius 3 is 2.14 bits per heavy atom. The van der Waals surface area contributed by atoms with Gasteiger partial charge in [-0.1, -0.05) is 23.8 Å². The van der Waals surface area contributed by atoms with Crippen molar-refractivity contribution in [3.05, 3.63) is 59.7 Å². The van der Waals surface area contributed by atoms with E-state index in [1.807, 2.05) is 19.1 Å². The van der Waals surface area contributed by atoms with Crippen LogP contribution in [0.3, 0.4) is 0 Å². The lowest BCUT2D eigenvalue weighted by Gasteiger charge is -2.33. The Morgan fingerprint density at radius 2 is 1.57 bits per heavy atom. The van der Waals surface area contributed by atoms with Crippen LogP contribution in [0, 0.1) is 18.6 Å². The van der Waals surface area contributed by atoms with Gasteiger partial charge in [0.2, 0.25) is 15.9 Å². The van der Waals surface area contributed by atoms with Crippen LogP contribution in [-0.2, 0) is 14.8 Å². The highest BCUT2D eigenvalue weighted by molar-refractivity contribution is 7.89. The van der Waals surface area contributed by atoms with Crippen LogP contribution in [0.1, 0.15) is 5.56 Å². The maximum atomic E-state index is 13.9. The molecule has 0 aromatic heterocycles. The van der Waals surface area contributed by atoms with E-state index < -0.39 is 26.6 Å². The normalized spacial score (nSPS) is 16.1. The maximum Gasteiger partial charge on any atom is 0.249 e. The third-order valence-electron chi connectivity index (χ3n) is 4.55. The molecule has 1 amide bonds. The van der Waals surface area contributed by atoms with Crippen molar-refractivity contribution in [2.45, 2.75) is 11.8 Å². The summed E-state index contributed by atoms with van der Waals surface area (Å²) in [7, 11) is -4.27. The summed E-state index contributed by atoms with van der Waals surface area (Å²) in [6.07, 6.45) is 0. The zero-order valence-corrected chi connectivity index (χ0v) is 16.2. The van der Waals surface area contributed by atoms with Gasteiger partial charge in [0.25, 0.3) is 0 Å². The predicted octanol–water partition coefficient (Wildman–Crippen LogP) is 2.22. The Morgan fingerprint density at radius 1 is 1.00 bits per heavy atom. The molecule has 0 bridgehead atoms. The number of nitrogens with zero attached hydrogens (tertiary/aromatic N) is 2. The zero-order chi connectivity index (χ0) is 20.3. The maximum absolute atomic E-state index is 13.9. The second-order valence-electron chi connectivity index (χ2n) is 6.65. The molecule has 2 aromatic rings. The molecule has 1 fully saturated rings. The van der Waals surface area contributed by atoms with Gasteiger partial charge in [0, 0.05) is 31.9 Å². The van der Waals surface area contributed by atoms with Crippen LogP contribution in [0.2, 0.25) is 0 Å². The molecule has 1 heterocycles. The van der Waals surface area contributed by atoms with Crippen LogP contribution < -0.4 is 5.32 Å². The Balaban J connectivity index is 1.58. The molecular formula is C19H21F2N3O3S. The van der Waals surface area contributed by atoms with Gasteiger partial charge in [0.1, 0.15) is 11.6 Å². The van der Waals surface area contributed by atoms with Gasteiger partial charge in [-0.15, -0.1) is 0 Å². The number of piperazine rings is 1. The summed E-state index contributed by atoms with van der Waals surface area (Å²) in [6.45, 7) is 2.73. The van der Waals surface area contributed by atoms with Crippen LogP contribution in [0.15, 0.2) is 47.4 Å². The fourth-order valence-electron chi connectivity index (χ4n) is 3.03. The minimum atomic E-state index is -4.27. The second-order valence-corrected chi connectivity index (χ2v) is 8.52. The number of benzene rings is 2. The van der Waals surface area contributed by atoms with Gasteiger partial charge in [-0.3, -0.25) is 9.69 Å². The number of anilines is 1. The average Bonchev–Trinajstić information content (AvgIpc) is 2.64. The number of amides is 1. The molecule has 0 spiro atoms. The largest absolute Gasteiger partial charge is 0.325 e. The summed E-state index contributed by atoms with van der Waals surface area (Å²) in [5.41, 5.74) is 1.77. The molecule has 0 radical (unpaired) electrons. The molecule has 0 atom stereocenters. The fourth-order valence-corrected chi connectivity index (χ4v) is 4.56. The topological polar surface area (TPSA) is 69.7 Å². The second kappa shape index (κ2) is 8.34. The third-order valence-corrected chi connectivity index (χ3v) is 6.50. The Kier molecular flexibility index (Phi) is 6.07. The lowest BCUT2D eigenvalue weighted by molar-refractivity contribution is -0.117. The molecule has 0 aliphatic carbocycles. The van der Waals surface area contributed by atoms with E-state index in [-0.39, 0.29) is 38.6 Å². The first kappa shape index (κ1) is 20.4. The Hall–Kier alpha value is -2.36.